The topological polar surface area (TPSA) is 83.7 Å². The molecule has 0 aromatic heterocycles. The first kappa shape index (κ1) is 19.3. The highest BCUT2D eigenvalue weighted by Crippen LogP contribution is 2.30. The Morgan fingerprint density at radius 2 is 1.58 bits per heavy atom. The van der Waals surface area contributed by atoms with E-state index < -0.39 is 15.6 Å². The zero-order valence-electron chi connectivity index (χ0n) is 15.6. The highest BCUT2D eigenvalue weighted by atomic mass is 32.2. The predicted octanol–water partition coefficient (Wildman–Crippen LogP) is 1.91. The van der Waals surface area contributed by atoms with Crippen LogP contribution in [-0.2, 0) is 14.8 Å². The van der Waals surface area contributed by atoms with E-state index in [4.69, 9.17) is 5.73 Å². The zero-order chi connectivity index (χ0) is 18.9. The summed E-state index contributed by atoms with van der Waals surface area (Å²) in [5.74, 6) is 0.341. The minimum Gasteiger partial charge on any atom is -0.338 e. The Bertz CT molecular complexity index is 745. The van der Waals surface area contributed by atoms with Crippen molar-refractivity contribution in [1.82, 2.24) is 9.21 Å². The Kier molecular flexibility index (Phi) is 5.42. The van der Waals surface area contributed by atoms with E-state index in [0.717, 1.165) is 31.2 Å². The van der Waals surface area contributed by atoms with Crippen molar-refractivity contribution in [3.05, 3.63) is 29.8 Å². The van der Waals surface area contributed by atoms with Crippen molar-refractivity contribution in [3.63, 3.8) is 0 Å². The van der Waals surface area contributed by atoms with Gasteiger partial charge in [0, 0.05) is 26.2 Å². The first-order valence-electron chi connectivity index (χ1n) is 9.42. The second-order valence-corrected chi connectivity index (χ2v) is 9.72. The second kappa shape index (κ2) is 7.29. The van der Waals surface area contributed by atoms with Crippen LogP contribution < -0.4 is 5.73 Å². The van der Waals surface area contributed by atoms with Crippen LogP contribution in [0.1, 0.15) is 51.0 Å². The number of benzene rings is 1. The molecule has 2 fully saturated rings. The molecule has 1 aliphatic heterocycles. The smallest absolute Gasteiger partial charge is 0.243 e. The van der Waals surface area contributed by atoms with Crippen LogP contribution >= 0.6 is 0 Å². The summed E-state index contributed by atoms with van der Waals surface area (Å²) in [5, 5.41) is 0. The molecule has 2 aliphatic rings. The summed E-state index contributed by atoms with van der Waals surface area (Å²) in [5.41, 5.74) is 6.63. The SMILES string of the molecule is CC(C)c1ccc(S(=O)(=O)N2CCN(C(=O)C3(N)CCCC3)CC2)cc1. The Morgan fingerprint density at radius 1 is 1.04 bits per heavy atom. The number of piperazine rings is 1. The van der Waals surface area contributed by atoms with Gasteiger partial charge in [-0.1, -0.05) is 38.8 Å². The first-order chi connectivity index (χ1) is 12.2. The number of hydrogen-bond acceptors (Lipinski definition) is 4. The van der Waals surface area contributed by atoms with Gasteiger partial charge in [-0.2, -0.15) is 4.31 Å². The third-order valence-corrected chi connectivity index (χ3v) is 7.54. The maximum absolute atomic E-state index is 12.9. The van der Waals surface area contributed by atoms with Crippen LogP contribution in [0.5, 0.6) is 0 Å². The predicted molar refractivity (Wildman–Crippen MR) is 101 cm³/mol. The molecule has 0 unspecified atom stereocenters. The first-order valence-corrected chi connectivity index (χ1v) is 10.9. The van der Waals surface area contributed by atoms with Gasteiger partial charge in [0.05, 0.1) is 10.4 Å². The van der Waals surface area contributed by atoms with Gasteiger partial charge in [-0.3, -0.25) is 4.79 Å². The normalized spacial score (nSPS) is 21.3. The van der Waals surface area contributed by atoms with Gasteiger partial charge in [-0.25, -0.2) is 8.42 Å². The Hall–Kier alpha value is -1.44. The highest BCUT2D eigenvalue weighted by molar-refractivity contribution is 7.89. The molecule has 0 bridgehead atoms. The summed E-state index contributed by atoms with van der Waals surface area (Å²) >= 11 is 0. The fraction of sp³-hybridized carbons (Fsp3) is 0.632. The molecule has 1 aromatic rings. The Morgan fingerprint density at radius 3 is 2.08 bits per heavy atom. The number of carbonyl (C=O) groups excluding carboxylic acids is 1. The van der Waals surface area contributed by atoms with Gasteiger partial charge >= 0.3 is 0 Å². The number of amides is 1. The van der Waals surface area contributed by atoms with Gasteiger partial charge in [-0.15, -0.1) is 0 Å². The number of sulfonamides is 1. The third kappa shape index (κ3) is 3.66. The van der Waals surface area contributed by atoms with Crippen molar-refractivity contribution in [3.8, 4) is 0 Å². The average Bonchev–Trinajstić information content (AvgIpc) is 3.09. The summed E-state index contributed by atoms with van der Waals surface area (Å²) < 4.78 is 27.2. The van der Waals surface area contributed by atoms with Crippen LogP contribution in [0.2, 0.25) is 0 Å². The summed E-state index contributed by atoms with van der Waals surface area (Å²) in [6.45, 7) is 5.59. The number of nitrogens with zero attached hydrogens (tertiary/aromatic N) is 2. The molecule has 144 valence electrons. The van der Waals surface area contributed by atoms with E-state index in [0.29, 0.717) is 37.0 Å². The second-order valence-electron chi connectivity index (χ2n) is 7.78. The zero-order valence-corrected chi connectivity index (χ0v) is 16.5. The van der Waals surface area contributed by atoms with Crippen molar-refractivity contribution in [1.29, 1.82) is 0 Å². The maximum Gasteiger partial charge on any atom is 0.243 e. The summed E-state index contributed by atoms with van der Waals surface area (Å²) in [6, 6.07) is 7.09. The van der Waals surface area contributed by atoms with Crippen LogP contribution in [0, 0.1) is 0 Å². The Balaban J connectivity index is 1.66. The average molecular weight is 380 g/mol. The summed E-state index contributed by atoms with van der Waals surface area (Å²) in [6.07, 6.45) is 3.44. The maximum atomic E-state index is 12.9. The fourth-order valence-corrected chi connectivity index (χ4v) is 5.26. The molecule has 1 saturated heterocycles. The molecular formula is C19H29N3O3S. The number of rotatable bonds is 4. The monoisotopic (exact) mass is 379 g/mol. The van der Waals surface area contributed by atoms with Gasteiger partial charge in [0.25, 0.3) is 0 Å². The molecule has 3 rings (SSSR count). The molecule has 1 aromatic carbocycles. The van der Waals surface area contributed by atoms with Crippen LogP contribution in [0.25, 0.3) is 0 Å². The lowest BCUT2D eigenvalue weighted by Crippen LogP contribution is -2.59. The van der Waals surface area contributed by atoms with Crippen LogP contribution in [-0.4, -0.2) is 55.2 Å². The molecule has 1 saturated carbocycles. The summed E-state index contributed by atoms with van der Waals surface area (Å²) in [4.78, 5) is 14.7. The van der Waals surface area contributed by atoms with Gasteiger partial charge < -0.3 is 10.6 Å². The van der Waals surface area contributed by atoms with Crippen molar-refractivity contribution in [2.45, 2.75) is 55.9 Å². The molecule has 26 heavy (non-hydrogen) atoms. The van der Waals surface area contributed by atoms with Crippen molar-refractivity contribution in [2.24, 2.45) is 5.73 Å². The standard InChI is InChI=1S/C19H29N3O3S/c1-15(2)16-5-7-17(8-6-16)26(24,25)22-13-11-21(12-14-22)18(23)19(20)9-3-4-10-19/h5-8,15H,3-4,9-14,20H2,1-2H3. The number of carbonyl (C=O) groups is 1. The molecule has 7 heteroatoms. The largest absolute Gasteiger partial charge is 0.338 e. The molecule has 0 radical (unpaired) electrons. The molecule has 1 heterocycles. The lowest BCUT2D eigenvalue weighted by Gasteiger charge is -2.37. The quantitative estimate of drug-likeness (QED) is 0.866. The van der Waals surface area contributed by atoms with Crippen LogP contribution in [0.4, 0.5) is 0 Å². The molecular weight excluding hydrogens is 350 g/mol. The third-order valence-electron chi connectivity index (χ3n) is 5.63. The summed E-state index contributed by atoms with van der Waals surface area (Å²) in [7, 11) is -3.52. The van der Waals surface area contributed by atoms with Crippen molar-refractivity contribution in [2.75, 3.05) is 26.2 Å². The lowest BCUT2D eigenvalue weighted by molar-refractivity contribution is -0.138. The van der Waals surface area contributed by atoms with Gasteiger partial charge in [0.15, 0.2) is 0 Å². The minimum absolute atomic E-state index is 0.0201. The van der Waals surface area contributed by atoms with Gasteiger partial charge in [-0.05, 0) is 36.5 Å². The van der Waals surface area contributed by atoms with E-state index in [9.17, 15) is 13.2 Å². The van der Waals surface area contributed by atoms with E-state index in [1.54, 1.807) is 17.0 Å². The molecule has 1 aliphatic carbocycles. The molecule has 1 amide bonds. The van der Waals surface area contributed by atoms with Crippen molar-refractivity contribution < 1.29 is 13.2 Å². The lowest BCUT2D eigenvalue weighted by atomic mass is 9.97. The van der Waals surface area contributed by atoms with E-state index >= 15 is 0 Å². The number of nitrogens with two attached hydrogens (primary N) is 1. The van der Waals surface area contributed by atoms with Gasteiger partial charge in [0.2, 0.25) is 15.9 Å². The van der Waals surface area contributed by atoms with E-state index in [-0.39, 0.29) is 5.91 Å². The molecule has 2 N–H and O–H groups in total. The van der Waals surface area contributed by atoms with Crippen molar-refractivity contribution >= 4 is 15.9 Å². The molecule has 0 atom stereocenters. The van der Waals surface area contributed by atoms with Gasteiger partial charge in [0.1, 0.15) is 0 Å². The minimum atomic E-state index is -3.52. The fourth-order valence-electron chi connectivity index (χ4n) is 3.84. The molecule has 6 nitrogen and oxygen atoms in total. The Labute approximate surface area is 156 Å². The van der Waals surface area contributed by atoms with E-state index in [2.05, 4.69) is 13.8 Å². The van der Waals surface area contributed by atoms with Crippen LogP contribution in [0.15, 0.2) is 29.2 Å². The highest BCUT2D eigenvalue weighted by Gasteiger charge is 2.41. The molecule has 0 spiro atoms. The van der Waals surface area contributed by atoms with E-state index in [1.807, 2.05) is 12.1 Å². The van der Waals surface area contributed by atoms with Crippen LogP contribution in [0.3, 0.4) is 0 Å². The number of hydrogen-bond donors (Lipinski definition) is 1. The van der Waals surface area contributed by atoms with E-state index in [1.165, 1.54) is 4.31 Å².